The number of nitrogens with zero attached hydrogens (tertiary/aromatic N) is 2. The van der Waals surface area contributed by atoms with E-state index >= 15 is 0 Å². The van der Waals surface area contributed by atoms with Gasteiger partial charge in [-0.05, 0) is 32.0 Å². The summed E-state index contributed by atoms with van der Waals surface area (Å²) in [7, 11) is 0. The lowest BCUT2D eigenvalue weighted by molar-refractivity contribution is 0.102. The Morgan fingerprint density at radius 2 is 1.86 bits per heavy atom. The van der Waals surface area contributed by atoms with Crippen LogP contribution in [0.15, 0.2) is 36.5 Å². The largest absolute Gasteiger partial charge is 0.321 e. The van der Waals surface area contributed by atoms with E-state index in [1.165, 1.54) is 0 Å². The predicted molar refractivity (Wildman–Crippen MR) is 89.1 cm³/mol. The first kappa shape index (κ1) is 14.9. The highest BCUT2D eigenvalue weighted by atomic mass is 35.5. The minimum Gasteiger partial charge on any atom is -0.321 e. The van der Waals surface area contributed by atoms with E-state index in [0.29, 0.717) is 27.1 Å². The third-order valence-electron chi connectivity index (χ3n) is 3.34. The van der Waals surface area contributed by atoms with Crippen molar-refractivity contribution in [2.45, 2.75) is 13.8 Å². The van der Waals surface area contributed by atoms with Gasteiger partial charge in [0.05, 0.1) is 15.7 Å². The Kier molecular flexibility index (Phi) is 3.81. The molecule has 22 heavy (non-hydrogen) atoms. The maximum atomic E-state index is 12.6. The summed E-state index contributed by atoms with van der Waals surface area (Å²) in [4.78, 5) is 16.9. The second-order valence-corrected chi connectivity index (χ2v) is 5.91. The first-order valence-electron chi connectivity index (χ1n) is 6.67. The molecule has 1 aromatic carbocycles. The van der Waals surface area contributed by atoms with Crippen LogP contribution >= 0.6 is 23.2 Å². The number of imidazole rings is 1. The minimum absolute atomic E-state index is 0.257. The number of hydrogen-bond donors (Lipinski definition) is 1. The summed E-state index contributed by atoms with van der Waals surface area (Å²) in [5, 5.41) is 3.71. The van der Waals surface area contributed by atoms with Gasteiger partial charge in [-0.2, -0.15) is 0 Å². The molecule has 0 spiro atoms. The number of halogens is 2. The Balaban J connectivity index is 2.03. The number of hydrogen-bond acceptors (Lipinski definition) is 2. The fourth-order valence-electron chi connectivity index (χ4n) is 2.29. The summed E-state index contributed by atoms with van der Waals surface area (Å²) in [6.07, 6.45) is 1.63. The zero-order chi connectivity index (χ0) is 15.9. The number of anilines is 1. The molecule has 0 saturated carbocycles. The van der Waals surface area contributed by atoms with Crippen molar-refractivity contribution < 1.29 is 4.79 Å². The van der Waals surface area contributed by atoms with E-state index in [1.54, 1.807) is 23.6 Å². The summed E-state index contributed by atoms with van der Waals surface area (Å²) in [6, 6.07) is 9.18. The lowest BCUT2D eigenvalue weighted by atomic mass is 10.2. The van der Waals surface area contributed by atoms with E-state index < -0.39 is 0 Å². The van der Waals surface area contributed by atoms with Crippen LogP contribution in [0.25, 0.3) is 5.65 Å². The Bertz CT molecular complexity index is 869. The summed E-state index contributed by atoms with van der Waals surface area (Å²) < 4.78 is 1.61. The molecular weight excluding hydrogens is 321 g/mol. The van der Waals surface area contributed by atoms with Gasteiger partial charge in [-0.15, -0.1) is 0 Å². The molecule has 4 nitrogen and oxygen atoms in total. The van der Waals surface area contributed by atoms with Gasteiger partial charge >= 0.3 is 0 Å². The highest BCUT2D eigenvalue weighted by molar-refractivity contribution is 6.36. The SMILES string of the molecule is Cc1ccc(NC(=O)c2c(C)nc3c(Cl)cc(Cl)cn23)cc1. The molecule has 3 aromatic rings. The molecule has 6 heteroatoms. The fraction of sp³-hybridized carbons (Fsp3) is 0.125. The Morgan fingerprint density at radius 1 is 1.18 bits per heavy atom. The van der Waals surface area contributed by atoms with E-state index in [0.717, 1.165) is 11.3 Å². The topological polar surface area (TPSA) is 46.4 Å². The molecule has 2 aromatic heterocycles. The van der Waals surface area contributed by atoms with E-state index in [4.69, 9.17) is 23.2 Å². The lowest BCUT2D eigenvalue weighted by Crippen LogP contribution is -2.15. The maximum absolute atomic E-state index is 12.6. The van der Waals surface area contributed by atoms with Gasteiger partial charge < -0.3 is 5.32 Å². The molecule has 0 fully saturated rings. The van der Waals surface area contributed by atoms with E-state index in [2.05, 4.69) is 10.3 Å². The van der Waals surface area contributed by atoms with Gasteiger partial charge in [0.15, 0.2) is 5.65 Å². The number of carbonyl (C=O) groups excluding carboxylic acids is 1. The van der Waals surface area contributed by atoms with Gasteiger partial charge in [-0.3, -0.25) is 9.20 Å². The van der Waals surface area contributed by atoms with Gasteiger partial charge in [-0.1, -0.05) is 40.9 Å². The van der Waals surface area contributed by atoms with Crippen molar-refractivity contribution in [3.8, 4) is 0 Å². The van der Waals surface area contributed by atoms with Crippen molar-refractivity contribution in [1.29, 1.82) is 0 Å². The summed E-state index contributed by atoms with van der Waals surface area (Å²) >= 11 is 12.2. The Labute approximate surface area is 137 Å². The van der Waals surface area contributed by atoms with Crippen molar-refractivity contribution in [2.24, 2.45) is 0 Å². The molecular formula is C16H13Cl2N3O. The quantitative estimate of drug-likeness (QED) is 0.749. The number of pyridine rings is 1. The lowest BCUT2D eigenvalue weighted by Gasteiger charge is -2.07. The number of aryl methyl sites for hydroxylation is 2. The van der Waals surface area contributed by atoms with Gasteiger partial charge in [0, 0.05) is 11.9 Å². The Hall–Kier alpha value is -2.04. The summed E-state index contributed by atoms with van der Waals surface area (Å²) in [5.41, 5.74) is 3.37. The highest BCUT2D eigenvalue weighted by Gasteiger charge is 2.18. The third kappa shape index (κ3) is 2.67. The highest BCUT2D eigenvalue weighted by Crippen LogP contribution is 2.24. The monoisotopic (exact) mass is 333 g/mol. The third-order valence-corrected chi connectivity index (χ3v) is 3.83. The van der Waals surface area contributed by atoms with Crippen LogP contribution in [-0.2, 0) is 0 Å². The molecule has 0 atom stereocenters. The van der Waals surface area contributed by atoms with Gasteiger partial charge in [0.25, 0.3) is 5.91 Å². The van der Waals surface area contributed by atoms with Crippen LogP contribution in [0.2, 0.25) is 10.0 Å². The number of aromatic nitrogens is 2. The molecule has 0 aliphatic heterocycles. The van der Waals surface area contributed by atoms with E-state index in [-0.39, 0.29) is 5.91 Å². The van der Waals surface area contributed by atoms with E-state index in [1.807, 2.05) is 31.2 Å². The van der Waals surface area contributed by atoms with Crippen LogP contribution < -0.4 is 5.32 Å². The van der Waals surface area contributed by atoms with Crippen LogP contribution in [0.4, 0.5) is 5.69 Å². The van der Waals surface area contributed by atoms with Crippen LogP contribution in [0.1, 0.15) is 21.7 Å². The van der Waals surface area contributed by atoms with Gasteiger partial charge in [-0.25, -0.2) is 4.98 Å². The summed E-state index contributed by atoms with van der Waals surface area (Å²) in [6.45, 7) is 3.76. The molecule has 0 bridgehead atoms. The molecule has 0 radical (unpaired) electrons. The van der Waals surface area contributed by atoms with Crippen LogP contribution in [0.5, 0.6) is 0 Å². The molecule has 0 aliphatic carbocycles. The number of fused-ring (bicyclic) bond motifs is 1. The number of benzene rings is 1. The van der Waals surface area contributed by atoms with Crippen molar-refractivity contribution in [1.82, 2.24) is 9.38 Å². The predicted octanol–water partition coefficient (Wildman–Crippen LogP) is 4.51. The molecule has 1 N–H and O–H groups in total. The van der Waals surface area contributed by atoms with Crippen LogP contribution in [0.3, 0.4) is 0 Å². The second kappa shape index (κ2) is 5.63. The van der Waals surface area contributed by atoms with Crippen molar-refractivity contribution >= 4 is 40.4 Å². The van der Waals surface area contributed by atoms with Crippen molar-refractivity contribution in [3.63, 3.8) is 0 Å². The Morgan fingerprint density at radius 3 is 2.55 bits per heavy atom. The first-order chi connectivity index (χ1) is 10.5. The molecule has 0 saturated heterocycles. The van der Waals surface area contributed by atoms with Crippen molar-refractivity contribution in [3.05, 3.63) is 63.5 Å². The number of nitrogens with one attached hydrogen (secondary N) is 1. The molecule has 112 valence electrons. The van der Waals surface area contributed by atoms with Crippen LogP contribution in [-0.4, -0.2) is 15.3 Å². The van der Waals surface area contributed by atoms with E-state index in [9.17, 15) is 4.79 Å². The zero-order valence-electron chi connectivity index (χ0n) is 12.0. The number of amides is 1. The first-order valence-corrected chi connectivity index (χ1v) is 7.43. The van der Waals surface area contributed by atoms with Crippen LogP contribution in [0, 0.1) is 13.8 Å². The molecule has 0 unspecified atom stereocenters. The minimum atomic E-state index is -0.257. The molecule has 1 amide bonds. The van der Waals surface area contributed by atoms with Crippen molar-refractivity contribution in [2.75, 3.05) is 5.32 Å². The molecule has 0 aliphatic rings. The second-order valence-electron chi connectivity index (χ2n) is 5.07. The van der Waals surface area contributed by atoms with Gasteiger partial charge in [0.2, 0.25) is 0 Å². The fourth-order valence-corrected chi connectivity index (χ4v) is 2.80. The average molecular weight is 334 g/mol. The normalized spacial score (nSPS) is 10.9. The number of rotatable bonds is 2. The molecule has 3 rings (SSSR count). The number of carbonyl (C=O) groups is 1. The average Bonchev–Trinajstić information content (AvgIpc) is 2.78. The van der Waals surface area contributed by atoms with Gasteiger partial charge in [0.1, 0.15) is 5.69 Å². The maximum Gasteiger partial charge on any atom is 0.274 e. The smallest absolute Gasteiger partial charge is 0.274 e. The zero-order valence-corrected chi connectivity index (χ0v) is 13.5. The summed E-state index contributed by atoms with van der Waals surface area (Å²) in [5.74, 6) is -0.257. The molecule has 2 heterocycles. The standard InChI is InChI=1S/C16H13Cl2N3O/c1-9-3-5-12(6-4-9)20-16(22)14-10(2)19-15-13(18)7-11(17)8-21(14)15/h3-8H,1-2H3,(H,20,22).